The van der Waals surface area contributed by atoms with E-state index in [1.807, 2.05) is 6.92 Å². The minimum atomic E-state index is -4.04. The lowest BCUT2D eigenvalue weighted by Gasteiger charge is -2.38. The summed E-state index contributed by atoms with van der Waals surface area (Å²) in [7, 11) is -2.45. The number of halogens is 2. The summed E-state index contributed by atoms with van der Waals surface area (Å²) < 4.78 is 34.6. The van der Waals surface area contributed by atoms with E-state index in [2.05, 4.69) is 10.0 Å². The highest BCUT2D eigenvalue weighted by Crippen LogP contribution is 2.34. The molecule has 0 aromatic heterocycles. The Morgan fingerprint density at radius 2 is 1.63 bits per heavy atom. The molecule has 1 aliphatic heterocycles. The number of anilines is 1. The van der Waals surface area contributed by atoms with Gasteiger partial charge in [-0.05, 0) is 67.4 Å². The van der Waals surface area contributed by atoms with Crippen LogP contribution in [-0.4, -0.2) is 45.3 Å². The van der Waals surface area contributed by atoms with Gasteiger partial charge in [0.05, 0.1) is 21.2 Å². The maximum absolute atomic E-state index is 13.4. The molecule has 0 bridgehead atoms. The largest absolute Gasteiger partial charge is 0.456 e. The van der Waals surface area contributed by atoms with E-state index in [0.29, 0.717) is 47.5 Å². The van der Waals surface area contributed by atoms with Crippen molar-refractivity contribution >= 4 is 50.7 Å². The lowest BCUT2D eigenvalue weighted by atomic mass is 9.79. The third kappa shape index (κ3) is 6.06. The average molecular weight is 577 g/mol. The third-order valence-electron chi connectivity index (χ3n) is 6.58. The van der Waals surface area contributed by atoms with Crippen molar-refractivity contribution in [1.82, 2.24) is 10.2 Å². The van der Waals surface area contributed by atoms with Crippen LogP contribution in [0.1, 0.15) is 30.1 Å². The first-order chi connectivity index (χ1) is 18.0. The van der Waals surface area contributed by atoms with Crippen LogP contribution in [0.3, 0.4) is 0 Å². The fraction of sp³-hybridized carbons (Fsp3) is 0.259. The standard InChI is InChI=1S/C27H27Cl2N3O5S/c1-27(26(34)30-2)13-15-32(16-14-27)25(33)21-17-18(28)7-12-23(21)31-38(35,36)20-10-8-19(9-11-20)37-24-6-4-3-5-22(24)29/h3-12,17,31H,13-16H2,1-2H3,(H,30,34). The van der Waals surface area contributed by atoms with E-state index in [9.17, 15) is 18.0 Å². The zero-order valence-electron chi connectivity index (χ0n) is 20.8. The first-order valence-corrected chi connectivity index (χ1v) is 14.1. The summed E-state index contributed by atoms with van der Waals surface area (Å²) in [6.07, 6.45) is 0.977. The van der Waals surface area contributed by atoms with Crippen LogP contribution >= 0.6 is 23.2 Å². The van der Waals surface area contributed by atoms with Crippen LogP contribution in [0.25, 0.3) is 0 Å². The molecule has 3 aromatic carbocycles. The van der Waals surface area contributed by atoms with Crippen LogP contribution in [0.4, 0.5) is 5.69 Å². The van der Waals surface area contributed by atoms with Crippen LogP contribution in [0.2, 0.25) is 10.0 Å². The second-order valence-corrected chi connectivity index (χ2v) is 11.8. The van der Waals surface area contributed by atoms with Crippen molar-refractivity contribution in [3.8, 4) is 11.5 Å². The Morgan fingerprint density at radius 3 is 2.26 bits per heavy atom. The molecule has 4 rings (SSSR count). The Hall–Kier alpha value is -3.27. The zero-order chi connectivity index (χ0) is 27.5. The molecule has 2 amide bonds. The van der Waals surface area contributed by atoms with Gasteiger partial charge < -0.3 is 15.0 Å². The summed E-state index contributed by atoms with van der Waals surface area (Å²) in [5, 5.41) is 3.40. The SMILES string of the molecule is CNC(=O)C1(C)CCN(C(=O)c2cc(Cl)ccc2NS(=O)(=O)c2ccc(Oc3ccccc3Cl)cc2)CC1. The van der Waals surface area contributed by atoms with Crippen molar-refractivity contribution in [2.45, 2.75) is 24.7 Å². The molecular weight excluding hydrogens is 549 g/mol. The average Bonchev–Trinajstić information content (AvgIpc) is 2.91. The highest BCUT2D eigenvalue weighted by atomic mass is 35.5. The number of benzene rings is 3. The summed E-state index contributed by atoms with van der Waals surface area (Å²) in [5.74, 6) is 0.422. The predicted molar refractivity (Wildman–Crippen MR) is 148 cm³/mol. The maximum atomic E-state index is 13.4. The topological polar surface area (TPSA) is 105 Å². The maximum Gasteiger partial charge on any atom is 0.261 e. The number of carbonyl (C=O) groups excluding carboxylic acids is 2. The summed E-state index contributed by atoms with van der Waals surface area (Å²) in [6.45, 7) is 2.58. The van der Waals surface area contributed by atoms with Crippen molar-refractivity contribution in [3.63, 3.8) is 0 Å². The molecule has 0 atom stereocenters. The Morgan fingerprint density at radius 1 is 0.974 bits per heavy atom. The number of rotatable bonds is 7. The number of sulfonamides is 1. The first-order valence-electron chi connectivity index (χ1n) is 11.9. The van der Waals surface area contributed by atoms with Crippen LogP contribution in [0.5, 0.6) is 11.5 Å². The van der Waals surface area contributed by atoms with Gasteiger partial charge in [-0.15, -0.1) is 0 Å². The van der Waals surface area contributed by atoms with Gasteiger partial charge in [-0.25, -0.2) is 8.42 Å². The fourth-order valence-electron chi connectivity index (χ4n) is 4.23. The Kier molecular flexibility index (Phi) is 8.20. The molecule has 38 heavy (non-hydrogen) atoms. The van der Waals surface area contributed by atoms with E-state index >= 15 is 0 Å². The number of hydrogen-bond acceptors (Lipinski definition) is 5. The minimum absolute atomic E-state index is 0.0170. The highest BCUT2D eigenvalue weighted by molar-refractivity contribution is 7.92. The normalized spacial score (nSPS) is 15.0. The lowest BCUT2D eigenvalue weighted by Crippen LogP contribution is -2.48. The zero-order valence-corrected chi connectivity index (χ0v) is 23.2. The van der Waals surface area contributed by atoms with Gasteiger partial charge in [0.2, 0.25) is 5.91 Å². The summed E-state index contributed by atoms with van der Waals surface area (Å²) >= 11 is 12.3. The number of para-hydroxylation sites is 1. The monoisotopic (exact) mass is 575 g/mol. The molecule has 0 saturated carbocycles. The first kappa shape index (κ1) is 27.8. The van der Waals surface area contributed by atoms with Gasteiger partial charge >= 0.3 is 0 Å². The summed E-state index contributed by atoms with van der Waals surface area (Å²) in [6, 6.07) is 17.2. The smallest absolute Gasteiger partial charge is 0.261 e. The molecule has 0 radical (unpaired) electrons. The van der Waals surface area contributed by atoms with E-state index in [4.69, 9.17) is 27.9 Å². The van der Waals surface area contributed by atoms with Gasteiger partial charge in [-0.2, -0.15) is 0 Å². The van der Waals surface area contributed by atoms with Crippen molar-refractivity contribution in [1.29, 1.82) is 0 Å². The second-order valence-electron chi connectivity index (χ2n) is 9.23. The number of piperidine rings is 1. The number of ether oxygens (including phenoxy) is 1. The van der Waals surface area contributed by atoms with E-state index < -0.39 is 15.4 Å². The fourth-order valence-corrected chi connectivity index (χ4v) is 5.66. The molecule has 1 saturated heterocycles. The highest BCUT2D eigenvalue weighted by Gasteiger charge is 2.38. The Balaban J connectivity index is 1.51. The summed E-state index contributed by atoms with van der Waals surface area (Å²) in [5.41, 5.74) is -0.329. The number of likely N-dealkylation sites (tertiary alicyclic amines) is 1. The van der Waals surface area contributed by atoms with E-state index in [1.165, 1.54) is 42.5 Å². The van der Waals surface area contributed by atoms with Crippen molar-refractivity contribution in [3.05, 3.63) is 82.3 Å². The van der Waals surface area contributed by atoms with Gasteiger partial charge in [0.1, 0.15) is 11.5 Å². The van der Waals surface area contributed by atoms with Crippen molar-refractivity contribution in [2.75, 3.05) is 24.9 Å². The molecule has 2 N–H and O–H groups in total. The van der Waals surface area contributed by atoms with Crippen molar-refractivity contribution < 1.29 is 22.7 Å². The quantitative estimate of drug-likeness (QED) is 0.383. The molecule has 0 spiro atoms. The lowest BCUT2D eigenvalue weighted by molar-refractivity contribution is -0.131. The van der Waals surface area contributed by atoms with Crippen LogP contribution in [0, 0.1) is 5.41 Å². The predicted octanol–water partition coefficient (Wildman–Crippen LogP) is 5.57. The number of nitrogens with zero attached hydrogens (tertiary/aromatic N) is 1. The molecule has 8 nitrogen and oxygen atoms in total. The molecule has 1 heterocycles. The molecule has 1 fully saturated rings. The third-order valence-corrected chi connectivity index (χ3v) is 8.51. The van der Waals surface area contributed by atoms with E-state index in [-0.39, 0.29) is 28.0 Å². The molecule has 11 heteroatoms. The molecule has 0 unspecified atom stereocenters. The summed E-state index contributed by atoms with van der Waals surface area (Å²) in [4.78, 5) is 27.2. The van der Waals surface area contributed by atoms with Crippen LogP contribution in [-0.2, 0) is 14.8 Å². The molecule has 1 aliphatic rings. The van der Waals surface area contributed by atoms with Gasteiger partial charge in [-0.1, -0.05) is 42.3 Å². The van der Waals surface area contributed by atoms with Crippen LogP contribution in [0.15, 0.2) is 71.6 Å². The van der Waals surface area contributed by atoms with Crippen molar-refractivity contribution in [2.24, 2.45) is 5.41 Å². The second kappa shape index (κ2) is 11.2. The number of hydrogen-bond donors (Lipinski definition) is 2. The van der Waals surface area contributed by atoms with Crippen LogP contribution < -0.4 is 14.8 Å². The van der Waals surface area contributed by atoms with E-state index in [1.54, 1.807) is 36.2 Å². The Bertz CT molecular complexity index is 1450. The van der Waals surface area contributed by atoms with E-state index in [0.717, 1.165) is 0 Å². The molecule has 200 valence electrons. The number of nitrogens with one attached hydrogen (secondary N) is 2. The number of carbonyl (C=O) groups is 2. The van der Waals surface area contributed by atoms with Gasteiger partial charge in [0, 0.05) is 30.6 Å². The number of amides is 2. The van der Waals surface area contributed by atoms with Gasteiger partial charge in [0.15, 0.2) is 0 Å². The molecule has 0 aliphatic carbocycles. The molecule has 3 aromatic rings. The minimum Gasteiger partial charge on any atom is -0.456 e. The van der Waals surface area contributed by atoms with Gasteiger partial charge in [-0.3, -0.25) is 14.3 Å². The molecular formula is C27H27Cl2N3O5S. The van der Waals surface area contributed by atoms with Gasteiger partial charge in [0.25, 0.3) is 15.9 Å². The Labute approximate surface area is 231 Å².